The topological polar surface area (TPSA) is 84.7 Å². The van der Waals surface area contributed by atoms with Gasteiger partial charge in [0.05, 0.1) is 12.1 Å². The summed E-state index contributed by atoms with van der Waals surface area (Å²) in [7, 11) is 0. The smallest absolute Gasteiger partial charge is 0.245 e. The molecule has 6 nitrogen and oxygen atoms in total. The Kier molecular flexibility index (Phi) is 6.75. The highest BCUT2D eigenvalue weighted by atomic mass is 16.5. The average molecular weight is 450 g/mol. The van der Waals surface area contributed by atoms with Crippen LogP contribution in [0.1, 0.15) is 50.7 Å². The molecule has 0 saturated carbocycles. The Bertz CT molecular complexity index is 976. The third-order valence-corrected chi connectivity index (χ3v) is 6.98. The SMILES string of the molecule is CC(C)(N)C(=O)N[C@H](CCCc1ccccc1)C(=O)N1CCC2(CC1)COc1ccccc12. The molecule has 176 valence electrons. The number of aryl methyl sites for hydroxylation is 1. The van der Waals surface area contributed by atoms with Crippen LogP contribution in [0, 0.1) is 0 Å². The van der Waals surface area contributed by atoms with E-state index >= 15 is 0 Å². The second-order valence-electron chi connectivity index (χ2n) is 10.0. The molecule has 2 aromatic rings. The van der Waals surface area contributed by atoms with Crippen molar-refractivity contribution in [2.75, 3.05) is 19.7 Å². The molecule has 6 heteroatoms. The Morgan fingerprint density at radius 2 is 1.76 bits per heavy atom. The first-order chi connectivity index (χ1) is 15.8. The van der Waals surface area contributed by atoms with E-state index < -0.39 is 11.6 Å². The molecule has 4 rings (SSSR count). The van der Waals surface area contributed by atoms with Crippen LogP contribution in [0.15, 0.2) is 54.6 Å². The molecule has 2 aliphatic heterocycles. The summed E-state index contributed by atoms with van der Waals surface area (Å²) in [5, 5.41) is 2.94. The van der Waals surface area contributed by atoms with Gasteiger partial charge in [-0.2, -0.15) is 0 Å². The number of carbonyl (C=O) groups excluding carboxylic acids is 2. The summed E-state index contributed by atoms with van der Waals surface area (Å²) < 4.78 is 5.95. The number of fused-ring (bicyclic) bond motifs is 2. The number of likely N-dealkylation sites (tertiary alicyclic amines) is 1. The number of nitrogens with one attached hydrogen (secondary N) is 1. The lowest BCUT2D eigenvalue weighted by Crippen LogP contribution is -2.57. The Labute approximate surface area is 196 Å². The minimum absolute atomic E-state index is 0.0114. The van der Waals surface area contributed by atoms with Gasteiger partial charge in [-0.25, -0.2) is 0 Å². The minimum Gasteiger partial charge on any atom is -0.492 e. The van der Waals surface area contributed by atoms with Crippen molar-refractivity contribution in [3.63, 3.8) is 0 Å². The third kappa shape index (κ3) is 5.22. The van der Waals surface area contributed by atoms with Crippen LogP contribution < -0.4 is 15.8 Å². The molecule has 1 atom stereocenters. The number of piperidine rings is 1. The molecule has 2 amide bonds. The highest BCUT2D eigenvalue weighted by Crippen LogP contribution is 2.45. The van der Waals surface area contributed by atoms with E-state index in [-0.39, 0.29) is 17.2 Å². The number of nitrogens with zero attached hydrogens (tertiary/aromatic N) is 1. The molecule has 0 bridgehead atoms. The molecule has 0 unspecified atom stereocenters. The number of rotatable bonds is 7. The van der Waals surface area contributed by atoms with Gasteiger partial charge in [0.15, 0.2) is 0 Å². The van der Waals surface area contributed by atoms with E-state index in [1.807, 2.05) is 35.2 Å². The number of hydrogen-bond donors (Lipinski definition) is 2. The summed E-state index contributed by atoms with van der Waals surface area (Å²) in [5.74, 6) is 0.656. The number of amides is 2. The fraction of sp³-hybridized carbons (Fsp3) is 0.481. The fourth-order valence-corrected chi connectivity index (χ4v) is 4.87. The van der Waals surface area contributed by atoms with Crippen molar-refractivity contribution in [2.45, 2.75) is 62.9 Å². The number of benzene rings is 2. The van der Waals surface area contributed by atoms with Gasteiger partial charge < -0.3 is 20.7 Å². The van der Waals surface area contributed by atoms with Gasteiger partial charge in [-0.15, -0.1) is 0 Å². The molecule has 1 fully saturated rings. The molecule has 3 N–H and O–H groups in total. The van der Waals surface area contributed by atoms with Crippen LogP contribution in [-0.2, 0) is 21.4 Å². The molecule has 2 aliphatic rings. The zero-order valence-corrected chi connectivity index (χ0v) is 19.7. The lowest BCUT2D eigenvalue weighted by Gasteiger charge is -2.40. The number of carbonyl (C=O) groups is 2. The van der Waals surface area contributed by atoms with Crippen molar-refractivity contribution in [2.24, 2.45) is 5.73 Å². The van der Waals surface area contributed by atoms with Crippen molar-refractivity contribution in [3.8, 4) is 5.75 Å². The van der Waals surface area contributed by atoms with Crippen molar-refractivity contribution < 1.29 is 14.3 Å². The summed E-state index contributed by atoms with van der Waals surface area (Å²) in [4.78, 5) is 28.0. The van der Waals surface area contributed by atoms with E-state index in [1.165, 1.54) is 11.1 Å². The van der Waals surface area contributed by atoms with Gasteiger partial charge in [-0.1, -0.05) is 48.5 Å². The van der Waals surface area contributed by atoms with Crippen LogP contribution >= 0.6 is 0 Å². The van der Waals surface area contributed by atoms with Crippen LogP contribution in [0.4, 0.5) is 0 Å². The molecule has 0 aliphatic carbocycles. The van der Waals surface area contributed by atoms with E-state index in [1.54, 1.807) is 13.8 Å². The predicted octanol–water partition coefficient (Wildman–Crippen LogP) is 3.18. The summed E-state index contributed by atoms with van der Waals surface area (Å²) in [6.07, 6.45) is 3.99. The highest BCUT2D eigenvalue weighted by Gasteiger charge is 2.44. The Morgan fingerprint density at radius 3 is 2.45 bits per heavy atom. The second-order valence-corrected chi connectivity index (χ2v) is 10.0. The van der Waals surface area contributed by atoms with Crippen molar-refractivity contribution in [1.82, 2.24) is 10.2 Å². The van der Waals surface area contributed by atoms with Crippen LogP contribution in [0.2, 0.25) is 0 Å². The lowest BCUT2D eigenvalue weighted by molar-refractivity contribution is -0.139. The first kappa shape index (κ1) is 23.3. The Morgan fingerprint density at radius 1 is 1.09 bits per heavy atom. The molecular weight excluding hydrogens is 414 g/mol. The summed E-state index contributed by atoms with van der Waals surface area (Å²) >= 11 is 0. The zero-order valence-electron chi connectivity index (χ0n) is 19.7. The summed E-state index contributed by atoms with van der Waals surface area (Å²) in [6.45, 7) is 5.32. The molecule has 1 saturated heterocycles. The van der Waals surface area contributed by atoms with Crippen molar-refractivity contribution >= 4 is 11.8 Å². The summed E-state index contributed by atoms with van der Waals surface area (Å²) in [5.41, 5.74) is 7.44. The largest absolute Gasteiger partial charge is 0.492 e. The number of nitrogens with two attached hydrogens (primary N) is 1. The summed E-state index contributed by atoms with van der Waals surface area (Å²) in [6, 6.07) is 17.9. The maximum absolute atomic E-state index is 13.5. The monoisotopic (exact) mass is 449 g/mol. The van der Waals surface area contributed by atoms with E-state index in [0.717, 1.165) is 31.4 Å². The van der Waals surface area contributed by atoms with Gasteiger partial charge in [0.25, 0.3) is 0 Å². The molecule has 2 heterocycles. The highest BCUT2D eigenvalue weighted by molar-refractivity contribution is 5.91. The number of ether oxygens (including phenoxy) is 1. The average Bonchev–Trinajstić information content (AvgIpc) is 3.16. The molecule has 1 spiro atoms. The van der Waals surface area contributed by atoms with Crippen molar-refractivity contribution in [1.29, 1.82) is 0 Å². The lowest BCUT2D eigenvalue weighted by atomic mass is 9.74. The zero-order chi connectivity index (χ0) is 23.5. The van der Waals surface area contributed by atoms with Gasteiger partial charge in [0, 0.05) is 24.1 Å². The first-order valence-corrected chi connectivity index (χ1v) is 11.9. The predicted molar refractivity (Wildman–Crippen MR) is 129 cm³/mol. The first-order valence-electron chi connectivity index (χ1n) is 11.9. The Hall–Kier alpha value is -2.86. The van der Waals surface area contributed by atoms with E-state index in [2.05, 4.69) is 29.6 Å². The van der Waals surface area contributed by atoms with E-state index in [0.29, 0.717) is 26.1 Å². The van der Waals surface area contributed by atoms with Gasteiger partial charge in [-0.3, -0.25) is 9.59 Å². The van der Waals surface area contributed by atoms with Crippen LogP contribution in [0.5, 0.6) is 5.75 Å². The molecule has 2 aromatic carbocycles. The van der Waals surface area contributed by atoms with Gasteiger partial charge in [-0.05, 0) is 57.6 Å². The van der Waals surface area contributed by atoms with E-state index in [4.69, 9.17) is 10.5 Å². The molecular formula is C27H35N3O3. The normalized spacial score (nSPS) is 17.8. The van der Waals surface area contributed by atoms with Crippen LogP contribution in [-0.4, -0.2) is 48.0 Å². The minimum atomic E-state index is -1.03. The van der Waals surface area contributed by atoms with E-state index in [9.17, 15) is 9.59 Å². The van der Waals surface area contributed by atoms with Crippen LogP contribution in [0.25, 0.3) is 0 Å². The fourth-order valence-electron chi connectivity index (χ4n) is 4.87. The number of para-hydroxylation sites is 1. The molecule has 33 heavy (non-hydrogen) atoms. The maximum Gasteiger partial charge on any atom is 0.245 e. The van der Waals surface area contributed by atoms with Crippen LogP contribution in [0.3, 0.4) is 0 Å². The quantitative estimate of drug-likeness (QED) is 0.680. The number of hydrogen-bond acceptors (Lipinski definition) is 4. The maximum atomic E-state index is 13.5. The third-order valence-electron chi connectivity index (χ3n) is 6.98. The second kappa shape index (κ2) is 9.56. The molecule has 0 radical (unpaired) electrons. The van der Waals surface area contributed by atoms with Gasteiger partial charge in [0.1, 0.15) is 11.8 Å². The molecule has 0 aromatic heterocycles. The van der Waals surface area contributed by atoms with Crippen molar-refractivity contribution in [3.05, 3.63) is 65.7 Å². The van der Waals surface area contributed by atoms with Gasteiger partial charge >= 0.3 is 0 Å². The Balaban J connectivity index is 1.40. The van der Waals surface area contributed by atoms with Gasteiger partial charge in [0.2, 0.25) is 11.8 Å². The standard InChI is InChI=1S/C27H35N3O3/c1-26(2,28)25(32)29-22(13-8-11-20-9-4-3-5-10-20)24(31)30-17-15-27(16-18-30)19-33-23-14-7-6-12-21(23)27/h3-7,9-10,12,14,22H,8,11,13,15-19,28H2,1-2H3,(H,29,32)/t22-/m1/s1.